The fourth-order valence-electron chi connectivity index (χ4n) is 3.70. The van der Waals surface area contributed by atoms with Gasteiger partial charge in [-0.3, -0.25) is 14.6 Å². The Bertz CT molecular complexity index is 1070. The minimum atomic E-state index is -0.678. The molecule has 1 aliphatic heterocycles. The van der Waals surface area contributed by atoms with Gasteiger partial charge in [0.15, 0.2) is 0 Å². The van der Waals surface area contributed by atoms with Gasteiger partial charge in [-0.1, -0.05) is 35.9 Å². The van der Waals surface area contributed by atoms with E-state index < -0.39 is 17.7 Å². The number of hydrogen-bond donors (Lipinski definition) is 1. The number of aliphatic hydroxyl groups excluding tert-OH is 1. The van der Waals surface area contributed by atoms with Crippen molar-refractivity contribution in [2.45, 2.75) is 25.9 Å². The summed E-state index contributed by atoms with van der Waals surface area (Å²) in [6.07, 6.45) is 9.17. The van der Waals surface area contributed by atoms with Crippen molar-refractivity contribution >= 4 is 17.4 Å². The highest BCUT2D eigenvalue weighted by atomic mass is 16.3. The Morgan fingerprint density at radius 1 is 1.07 bits per heavy atom. The molecule has 1 saturated heterocycles. The summed E-state index contributed by atoms with van der Waals surface area (Å²) >= 11 is 0. The molecule has 2 aromatic heterocycles. The lowest BCUT2D eigenvalue weighted by Crippen LogP contribution is -2.31. The molecule has 0 bridgehead atoms. The molecule has 1 atom stereocenters. The number of aryl methyl sites for hydroxylation is 2. The molecule has 0 saturated carbocycles. The van der Waals surface area contributed by atoms with Crippen LogP contribution in [0.3, 0.4) is 0 Å². The van der Waals surface area contributed by atoms with E-state index >= 15 is 0 Å². The van der Waals surface area contributed by atoms with Gasteiger partial charge in [0.05, 0.1) is 17.9 Å². The number of hydrogen-bond acceptors (Lipinski definition) is 5. The highest BCUT2D eigenvalue weighted by Crippen LogP contribution is 2.39. The predicted molar refractivity (Wildman–Crippen MR) is 111 cm³/mol. The maximum Gasteiger partial charge on any atom is 0.295 e. The molecule has 1 N–H and O–H groups in total. The first-order valence-electron chi connectivity index (χ1n) is 9.77. The summed E-state index contributed by atoms with van der Waals surface area (Å²) in [4.78, 5) is 35.5. The topological polar surface area (TPSA) is 88.3 Å². The summed E-state index contributed by atoms with van der Waals surface area (Å²) in [7, 11) is 0. The normalized spacial score (nSPS) is 18.2. The molecular formula is C23H22N4O3. The van der Waals surface area contributed by atoms with Crippen molar-refractivity contribution in [3.8, 4) is 0 Å². The number of nitrogens with zero attached hydrogens (tertiary/aromatic N) is 4. The molecule has 30 heavy (non-hydrogen) atoms. The molecule has 7 nitrogen and oxygen atoms in total. The highest BCUT2D eigenvalue weighted by molar-refractivity contribution is 6.46. The number of imidazole rings is 1. The fourth-order valence-corrected chi connectivity index (χ4v) is 3.70. The Balaban J connectivity index is 1.71. The second-order valence-corrected chi connectivity index (χ2v) is 7.30. The molecule has 0 unspecified atom stereocenters. The van der Waals surface area contributed by atoms with Gasteiger partial charge in [0.25, 0.3) is 11.7 Å². The molecule has 0 radical (unpaired) electrons. The van der Waals surface area contributed by atoms with Crippen LogP contribution in [0.5, 0.6) is 0 Å². The average Bonchev–Trinajstić information content (AvgIpc) is 3.37. The first-order valence-corrected chi connectivity index (χ1v) is 9.77. The zero-order chi connectivity index (χ0) is 21.1. The molecule has 0 spiro atoms. The van der Waals surface area contributed by atoms with Crippen LogP contribution >= 0.6 is 0 Å². The molecule has 1 amide bonds. The molecule has 4 rings (SSSR count). The lowest BCUT2D eigenvalue weighted by atomic mass is 9.96. The molecule has 7 heteroatoms. The maximum absolute atomic E-state index is 12.9. The van der Waals surface area contributed by atoms with Crippen molar-refractivity contribution in [2.75, 3.05) is 6.54 Å². The quantitative estimate of drug-likeness (QED) is 0.389. The Morgan fingerprint density at radius 2 is 1.87 bits per heavy atom. The van der Waals surface area contributed by atoms with Crippen molar-refractivity contribution in [1.29, 1.82) is 0 Å². The zero-order valence-corrected chi connectivity index (χ0v) is 16.6. The number of pyridine rings is 1. The van der Waals surface area contributed by atoms with E-state index in [1.807, 2.05) is 35.9 Å². The molecule has 152 valence electrons. The van der Waals surface area contributed by atoms with Crippen molar-refractivity contribution < 1.29 is 14.7 Å². The molecule has 1 fully saturated rings. The second-order valence-electron chi connectivity index (χ2n) is 7.30. The van der Waals surface area contributed by atoms with Crippen molar-refractivity contribution in [2.24, 2.45) is 0 Å². The number of aromatic nitrogens is 3. The molecule has 3 aromatic rings. The van der Waals surface area contributed by atoms with Crippen LogP contribution in [0.4, 0.5) is 0 Å². The summed E-state index contributed by atoms with van der Waals surface area (Å²) < 4.78 is 1.92. The van der Waals surface area contributed by atoms with Crippen LogP contribution in [0.2, 0.25) is 0 Å². The first kappa shape index (κ1) is 19.6. The van der Waals surface area contributed by atoms with Gasteiger partial charge in [0, 0.05) is 43.4 Å². The lowest BCUT2D eigenvalue weighted by Gasteiger charge is -2.25. The van der Waals surface area contributed by atoms with Crippen LogP contribution in [0.25, 0.3) is 5.76 Å². The molecule has 1 aromatic carbocycles. The van der Waals surface area contributed by atoms with Crippen LogP contribution in [0.1, 0.15) is 29.2 Å². The SMILES string of the molecule is Cc1ccc(/C(O)=C2\C(=O)C(=O)N(CCCn3ccnc3)[C@@H]2c2cccnc2)cc1. The number of carbonyl (C=O) groups is 2. The molecular weight excluding hydrogens is 380 g/mol. The third-order valence-corrected chi connectivity index (χ3v) is 5.24. The van der Waals surface area contributed by atoms with Gasteiger partial charge in [-0.15, -0.1) is 0 Å². The van der Waals surface area contributed by atoms with Gasteiger partial charge in [-0.05, 0) is 25.0 Å². The molecule has 3 heterocycles. The van der Waals surface area contributed by atoms with Crippen LogP contribution < -0.4 is 0 Å². The third kappa shape index (κ3) is 3.74. The van der Waals surface area contributed by atoms with Crippen LogP contribution in [0.15, 0.2) is 73.1 Å². The summed E-state index contributed by atoms with van der Waals surface area (Å²) in [6, 6.07) is 10.1. The van der Waals surface area contributed by atoms with E-state index in [0.717, 1.165) is 5.56 Å². The Labute approximate surface area is 174 Å². The number of carbonyl (C=O) groups excluding carboxylic acids is 2. The second kappa shape index (κ2) is 8.32. The Morgan fingerprint density at radius 3 is 2.53 bits per heavy atom. The van der Waals surface area contributed by atoms with Crippen LogP contribution in [0, 0.1) is 6.92 Å². The number of ketones is 1. The first-order chi connectivity index (χ1) is 14.6. The Kier molecular flexibility index (Phi) is 5.43. The van der Waals surface area contributed by atoms with E-state index in [1.54, 1.807) is 43.1 Å². The van der Waals surface area contributed by atoms with E-state index in [1.165, 1.54) is 4.90 Å². The zero-order valence-electron chi connectivity index (χ0n) is 16.6. The van der Waals surface area contributed by atoms with Crippen molar-refractivity contribution in [1.82, 2.24) is 19.4 Å². The fraction of sp³-hybridized carbons (Fsp3) is 0.217. The monoisotopic (exact) mass is 402 g/mol. The summed E-state index contributed by atoms with van der Waals surface area (Å²) in [5.74, 6) is -1.45. The third-order valence-electron chi connectivity index (χ3n) is 5.24. The highest BCUT2D eigenvalue weighted by Gasteiger charge is 2.45. The van der Waals surface area contributed by atoms with Crippen LogP contribution in [-0.2, 0) is 16.1 Å². The molecule has 1 aliphatic rings. The lowest BCUT2D eigenvalue weighted by molar-refractivity contribution is -0.139. The number of benzene rings is 1. The predicted octanol–water partition coefficient (Wildman–Crippen LogP) is 3.10. The average molecular weight is 402 g/mol. The van der Waals surface area contributed by atoms with E-state index in [0.29, 0.717) is 30.6 Å². The summed E-state index contributed by atoms with van der Waals surface area (Å²) in [5, 5.41) is 11.0. The number of Topliss-reactive ketones (excluding diaryl/α,β-unsaturated/α-hetero) is 1. The minimum absolute atomic E-state index is 0.0967. The van der Waals surface area contributed by atoms with Gasteiger partial charge in [-0.2, -0.15) is 0 Å². The van der Waals surface area contributed by atoms with Gasteiger partial charge in [-0.25, -0.2) is 4.98 Å². The summed E-state index contributed by atoms with van der Waals surface area (Å²) in [5.41, 5.74) is 2.33. The smallest absolute Gasteiger partial charge is 0.295 e. The number of rotatable bonds is 6. The standard InChI is InChI=1S/C23H22N4O3/c1-16-5-7-17(8-6-16)21(28)19-20(18-4-2-9-24-14-18)27(23(30)22(19)29)12-3-11-26-13-10-25-15-26/h2,4-10,13-15,20,28H,3,11-12H2,1H3/b21-19+/t20-/m1/s1. The van der Waals surface area contributed by atoms with Gasteiger partial charge in [0.1, 0.15) is 5.76 Å². The van der Waals surface area contributed by atoms with Crippen molar-refractivity contribution in [3.05, 3.63) is 89.8 Å². The maximum atomic E-state index is 12.9. The van der Waals surface area contributed by atoms with E-state index in [2.05, 4.69) is 9.97 Å². The summed E-state index contributed by atoms with van der Waals surface area (Å²) in [6.45, 7) is 2.98. The Hall–Kier alpha value is -3.74. The van der Waals surface area contributed by atoms with E-state index in [-0.39, 0.29) is 11.3 Å². The minimum Gasteiger partial charge on any atom is -0.507 e. The van der Waals surface area contributed by atoms with Crippen LogP contribution in [-0.4, -0.2) is 42.8 Å². The molecule has 0 aliphatic carbocycles. The number of likely N-dealkylation sites (tertiary alicyclic amines) is 1. The van der Waals surface area contributed by atoms with E-state index in [4.69, 9.17) is 0 Å². The van der Waals surface area contributed by atoms with Gasteiger partial charge < -0.3 is 14.6 Å². The van der Waals surface area contributed by atoms with E-state index in [9.17, 15) is 14.7 Å². The largest absolute Gasteiger partial charge is 0.507 e. The number of aliphatic hydroxyl groups is 1. The van der Waals surface area contributed by atoms with Gasteiger partial charge in [0.2, 0.25) is 0 Å². The van der Waals surface area contributed by atoms with Gasteiger partial charge >= 0.3 is 0 Å². The number of amides is 1. The van der Waals surface area contributed by atoms with Crippen molar-refractivity contribution in [3.63, 3.8) is 0 Å².